The number of carbonyl (C=O) groups is 3. The smallest absolute Gasteiger partial charge is 0.347 e. The third-order valence-corrected chi connectivity index (χ3v) is 4.24. The highest BCUT2D eigenvalue weighted by molar-refractivity contribution is 7.14. The van der Waals surface area contributed by atoms with Crippen molar-refractivity contribution in [1.82, 2.24) is 0 Å². The van der Waals surface area contributed by atoms with Gasteiger partial charge in [0, 0.05) is 13.2 Å². The zero-order valence-electron chi connectivity index (χ0n) is 15.9. The number of rotatable bonds is 7. The molecule has 0 amide bonds. The van der Waals surface area contributed by atoms with E-state index < -0.39 is 35.2 Å². The van der Waals surface area contributed by atoms with Gasteiger partial charge in [-0.05, 0) is 45.6 Å². The van der Waals surface area contributed by atoms with Crippen LogP contribution in [0.5, 0.6) is 0 Å². The van der Waals surface area contributed by atoms with Gasteiger partial charge >= 0.3 is 17.9 Å². The summed E-state index contributed by atoms with van der Waals surface area (Å²) in [7, 11) is 1.55. The number of anilines is 1. The second-order valence-corrected chi connectivity index (χ2v) is 7.62. The van der Waals surface area contributed by atoms with Crippen LogP contribution in [0.1, 0.15) is 51.4 Å². The van der Waals surface area contributed by atoms with Crippen molar-refractivity contribution in [1.29, 1.82) is 0 Å². The molecule has 0 aliphatic carbocycles. The highest BCUT2D eigenvalue weighted by Crippen LogP contribution is 2.29. The average Bonchev–Trinajstić information content (AvgIpc) is 2.99. The molecule has 0 saturated heterocycles. The molecular formula is C18H25NO6S. The molecule has 1 aromatic heterocycles. The number of carbonyl (C=O) groups excluding carboxylic acids is 2. The van der Waals surface area contributed by atoms with Gasteiger partial charge in [0.15, 0.2) is 5.57 Å². The van der Waals surface area contributed by atoms with Crippen molar-refractivity contribution in [2.24, 2.45) is 0 Å². The predicted octanol–water partition coefficient (Wildman–Crippen LogP) is 3.45. The Labute approximate surface area is 157 Å². The highest BCUT2D eigenvalue weighted by Gasteiger charge is 2.25. The van der Waals surface area contributed by atoms with Gasteiger partial charge < -0.3 is 19.5 Å². The summed E-state index contributed by atoms with van der Waals surface area (Å²) in [6.07, 6.45) is 1.32. The summed E-state index contributed by atoms with van der Waals surface area (Å²) < 4.78 is 10.4. The quantitative estimate of drug-likeness (QED) is 0.333. The van der Waals surface area contributed by atoms with Crippen molar-refractivity contribution >= 4 is 34.2 Å². The molecule has 0 spiro atoms. The van der Waals surface area contributed by atoms with Crippen LogP contribution in [-0.4, -0.2) is 41.8 Å². The van der Waals surface area contributed by atoms with Crippen LogP contribution in [0.2, 0.25) is 0 Å². The highest BCUT2D eigenvalue weighted by atomic mass is 32.1. The molecule has 8 heteroatoms. The summed E-state index contributed by atoms with van der Waals surface area (Å²) in [5.74, 6) is -2.84. The fraction of sp³-hybridized carbons (Fsp3) is 0.500. The molecular weight excluding hydrogens is 358 g/mol. The first-order chi connectivity index (χ1) is 12.0. The predicted molar refractivity (Wildman–Crippen MR) is 99.5 cm³/mol. The Balaban J connectivity index is 3.11. The van der Waals surface area contributed by atoms with Crippen LogP contribution in [0.4, 0.5) is 5.00 Å². The third kappa shape index (κ3) is 6.18. The van der Waals surface area contributed by atoms with Crippen molar-refractivity contribution in [2.45, 2.75) is 52.7 Å². The van der Waals surface area contributed by atoms with E-state index in [0.29, 0.717) is 17.0 Å². The lowest BCUT2D eigenvalue weighted by Crippen LogP contribution is -2.25. The van der Waals surface area contributed by atoms with Crippen LogP contribution < -0.4 is 4.90 Å². The number of ether oxygens (including phenoxy) is 2. The Bertz CT molecular complexity index is 701. The van der Waals surface area contributed by atoms with Gasteiger partial charge in [0.25, 0.3) is 0 Å². The minimum Gasteiger partial charge on any atom is -0.477 e. The van der Waals surface area contributed by atoms with Crippen LogP contribution in [-0.2, 0) is 19.1 Å². The van der Waals surface area contributed by atoms with Gasteiger partial charge in [-0.25, -0.2) is 14.4 Å². The van der Waals surface area contributed by atoms with E-state index in [2.05, 4.69) is 0 Å². The largest absolute Gasteiger partial charge is 0.477 e. The zero-order valence-corrected chi connectivity index (χ0v) is 16.7. The minimum absolute atomic E-state index is 0.295. The van der Waals surface area contributed by atoms with Gasteiger partial charge in [-0.1, -0.05) is 6.92 Å². The zero-order chi connectivity index (χ0) is 20.1. The maximum absolute atomic E-state index is 12.3. The van der Waals surface area contributed by atoms with E-state index in [1.807, 2.05) is 6.92 Å². The summed E-state index contributed by atoms with van der Waals surface area (Å²) in [5, 5.41) is 11.5. The number of aliphatic carboxylic acids is 1. The molecule has 0 fully saturated rings. The van der Waals surface area contributed by atoms with E-state index in [9.17, 15) is 19.5 Å². The van der Waals surface area contributed by atoms with E-state index >= 15 is 0 Å². The van der Waals surface area contributed by atoms with Gasteiger partial charge in [-0.15, -0.1) is 11.3 Å². The van der Waals surface area contributed by atoms with E-state index in [0.717, 1.165) is 6.20 Å². The van der Waals surface area contributed by atoms with Crippen LogP contribution in [0.15, 0.2) is 23.2 Å². The van der Waals surface area contributed by atoms with Gasteiger partial charge in [-0.2, -0.15) is 0 Å². The number of hydrogen-bond donors (Lipinski definition) is 1. The lowest BCUT2D eigenvalue weighted by Gasteiger charge is -2.21. The number of carboxylic acid groups (broad SMARTS) is 1. The van der Waals surface area contributed by atoms with Crippen molar-refractivity contribution in [3.8, 4) is 0 Å². The van der Waals surface area contributed by atoms with Crippen molar-refractivity contribution in [3.05, 3.63) is 28.8 Å². The summed E-state index contributed by atoms with van der Waals surface area (Å²) in [6, 6.07) is 1.59. The van der Waals surface area contributed by atoms with Crippen LogP contribution in [0, 0.1) is 0 Å². The Morgan fingerprint density at radius 1 is 1.35 bits per heavy atom. The Morgan fingerprint density at radius 3 is 2.46 bits per heavy atom. The molecule has 0 saturated carbocycles. The van der Waals surface area contributed by atoms with Gasteiger partial charge in [0.1, 0.15) is 10.6 Å². The van der Waals surface area contributed by atoms with E-state index in [4.69, 9.17) is 9.47 Å². The van der Waals surface area contributed by atoms with Crippen molar-refractivity contribution in [3.63, 3.8) is 0 Å². The maximum atomic E-state index is 12.3. The minimum atomic E-state index is -1.40. The molecule has 1 heterocycles. The first kappa shape index (κ1) is 21.7. The fourth-order valence-electron chi connectivity index (χ4n) is 1.84. The second-order valence-electron chi connectivity index (χ2n) is 6.72. The van der Waals surface area contributed by atoms with Crippen LogP contribution in [0.3, 0.4) is 0 Å². The molecule has 0 aromatic carbocycles. The molecule has 0 aliphatic rings. The molecule has 1 rings (SSSR count). The lowest BCUT2D eigenvalue weighted by molar-refractivity contribution is -0.147. The van der Waals surface area contributed by atoms with Crippen molar-refractivity contribution in [2.75, 3.05) is 11.9 Å². The van der Waals surface area contributed by atoms with Gasteiger partial charge in [0.2, 0.25) is 0 Å². The topological polar surface area (TPSA) is 93.1 Å². The molecule has 7 nitrogen and oxygen atoms in total. The molecule has 0 radical (unpaired) electrons. The molecule has 1 unspecified atom stereocenters. The SMILES string of the molecule is CCC(C)OC(=O)C(=CN(C)c1sccc1C(=O)OC(C)(C)C)C(=O)O. The molecule has 26 heavy (non-hydrogen) atoms. The molecule has 144 valence electrons. The lowest BCUT2D eigenvalue weighted by atomic mass is 10.2. The first-order valence-electron chi connectivity index (χ1n) is 8.16. The summed E-state index contributed by atoms with van der Waals surface area (Å²) in [5.41, 5.74) is -0.878. The first-order valence-corrected chi connectivity index (χ1v) is 9.04. The number of carboxylic acids is 1. The Kier molecular flexibility index (Phi) is 7.38. The average molecular weight is 383 g/mol. The number of thiophene rings is 1. The Hall–Kier alpha value is -2.35. The van der Waals surface area contributed by atoms with E-state index in [1.54, 1.807) is 46.2 Å². The summed E-state index contributed by atoms with van der Waals surface area (Å²) in [6.45, 7) is 8.78. The van der Waals surface area contributed by atoms with Gasteiger partial charge in [0.05, 0.1) is 11.7 Å². The van der Waals surface area contributed by atoms with E-state index in [1.165, 1.54) is 16.2 Å². The molecule has 1 atom stereocenters. The molecule has 1 aromatic rings. The normalized spacial score (nSPS) is 13.1. The number of nitrogens with zero attached hydrogens (tertiary/aromatic N) is 1. The van der Waals surface area contributed by atoms with Gasteiger partial charge in [-0.3, -0.25) is 0 Å². The number of esters is 2. The standard InChI is InChI=1S/C18H25NO6S/c1-7-11(2)24-16(22)13(15(20)21)10-19(6)14-12(8-9-26-14)17(23)25-18(3,4)5/h8-11H,7H2,1-6H3,(H,20,21). The fourth-order valence-corrected chi connectivity index (χ4v) is 2.67. The van der Waals surface area contributed by atoms with Crippen molar-refractivity contribution < 1.29 is 29.0 Å². The summed E-state index contributed by atoms with van der Waals surface area (Å²) in [4.78, 5) is 37.2. The maximum Gasteiger partial charge on any atom is 0.347 e. The molecule has 1 N–H and O–H groups in total. The van der Waals surface area contributed by atoms with E-state index in [-0.39, 0.29) is 0 Å². The monoisotopic (exact) mass is 383 g/mol. The summed E-state index contributed by atoms with van der Waals surface area (Å²) >= 11 is 1.23. The number of hydrogen-bond acceptors (Lipinski definition) is 7. The second kappa shape index (κ2) is 8.84. The Morgan fingerprint density at radius 2 is 1.96 bits per heavy atom. The van der Waals surface area contributed by atoms with Crippen LogP contribution >= 0.6 is 11.3 Å². The molecule has 0 bridgehead atoms. The third-order valence-electron chi connectivity index (χ3n) is 3.24. The van der Waals surface area contributed by atoms with Crippen LogP contribution in [0.25, 0.3) is 0 Å². The molecule has 0 aliphatic heterocycles.